The summed E-state index contributed by atoms with van der Waals surface area (Å²) in [6.07, 6.45) is 10.6. The van der Waals surface area contributed by atoms with Crippen molar-refractivity contribution in [3.63, 3.8) is 0 Å². The van der Waals surface area contributed by atoms with Crippen LogP contribution in [0.3, 0.4) is 0 Å². The minimum absolute atomic E-state index is 0.624. The van der Waals surface area contributed by atoms with Crippen molar-refractivity contribution in [2.45, 2.75) is 37.8 Å². The molecule has 1 aromatic heterocycles. The van der Waals surface area contributed by atoms with E-state index in [1.165, 1.54) is 32.2 Å². The van der Waals surface area contributed by atoms with Gasteiger partial charge in [-0.2, -0.15) is 0 Å². The van der Waals surface area contributed by atoms with Gasteiger partial charge >= 0.3 is 0 Å². The summed E-state index contributed by atoms with van der Waals surface area (Å²) in [7, 11) is 0. The van der Waals surface area contributed by atoms with Gasteiger partial charge in [-0.1, -0.05) is 0 Å². The fourth-order valence-corrected chi connectivity index (χ4v) is 2.97. The van der Waals surface area contributed by atoms with Crippen LogP contribution in [-0.4, -0.2) is 35.1 Å². The molecular weight excluding hydrogens is 200 g/mol. The molecule has 0 spiro atoms. The molecule has 2 saturated heterocycles. The highest BCUT2D eigenvalue weighted by atomic mass is 15.3. The lowest BCUT2D eigenvalue weighted by Gasteiger charge is -2.30. The molecule has 0 radical (unpaired) electrons. The van der Waals surface area contributed by atoms with Crippen LogP contribution in [0.5, 0.6) is 0 Å². The van der Waals surface area contributed by atoms with Gasteiger partial charge in [0.25, 0.3) is 0 Å². The van der Waals surface area contributed by atoms with Crippen LogP contribution in [0.2, 0.25) is 0 Å². The number of hydrogen-bond acceptors (Lipinski definition) is 4. The number of aromatic nitrogens is 2. The van der Waals surface area contributed by atoms with Gasteiger partial charge in [-0.05, 0) is 32.2 Å². The Morgan fingerprint density at radius 2 is 2.25 bits per heavy atom. The van der Waals surface area contributed by atoms with Crippen molar-refractivity contribution in [1.29, 1.82) is 0 Å². The quantitative estimate of drug-likeness (QED) is 0.809. The molecule has 2 atom stereocenters. The van der Waals surface area contributed by atoms with Crippen molar-refractivity contribution in [3.05, 3.63) is 18.6 Å². The fourth-order valence-electron chi connectivity index (χ4n) is 2.97. The monoisotopic (exact) mass is 218 g/mol. The summed E-state index contributed by atoms with van der Waals surface area (Å²) in [6.45, 7) is 2.30. The van der Waals surface area contributed by atoms with Crippen LogP contribution in [0, 0.1) is 0 Å². The van der Waals surface area contributed by atoms with E-state index in [-0.39, 0.29) is 0 Å². The van der Waals surface area contributed by atoms with Gasteiger partial charge in [0.1, 0.15) is 5.82 Å². The van der Waals surface area contributed by atoms with Crippen LogP contribution >= 0.6 is 0 Å². The highest BCUT2D eigenvalue weighted by Gasteiger charge is 2.33. The van der Waals surface area contributed by atoms with Gasteiger partial charge in [0, 0.05) is 31.0 Å². The summed E-state index contributed by atoms with van der Waals surface area (Å²) in [5.74, 6) is 1.04. The molecule has 2 aliphatic heterocycles. The molecule has 2 unspecified atom stereocenters. The molecule has 3 heterocycles. The van der Waals surface area contributed by atoms with E-state index in [0.29, 0.717) is 12.1 Å². The number of hydrogen-bond donors (Lipinski definition) is 1. The Kier molecular flexibility index (Phi) is 2.74. The summed E-state index contributed by atoms with van der Waals surface area (Å²) in [5.41, 5.74) is 0. The highest BCUT2D eigenvalue weighted by molar-refractivity contribution is 5.39. The predicted molar refractivity (Wildman–Crippen MR) is 63.4 cm³/mol. The molecular formula is C12H18N4. The number of nitrogens with one attached hydrogen (secondary N) is 1. The average molecular weight is 218 g/mol. The van der Waals surface area contributed by atoms with E-state index in [0.717, 1.165) is 12.4 Å². The third-order valence-electron chi connectivity index (χ3n) is 3.71. The first kappa shape index (κ1) is 10.0. The minimum atomic E-state index is 0.624. The van der Waals surface area contributed by atoms with Crippen LogP contribution in [0.1, 0.15) is 25.7 Å². The first-order valence-corrected chi connectivity index (χ1v) is 6.21. The van der Waals surface area contributed by atoms with Crippen molar-refractivity contribution in [2.24, 2.45) is 0 Å². The second kappa shape index (κ2) is 4.37. The summed E-state index contributed by atoms with van der Waals surface area (Å²) in [4.78, 5) is 11.0. The number of nitrogens with zero attached hydrogens (tertiary/aromatic N) is 3. The zero-order valence-electron chi connectivity index (χ0n) is 9.47. The second-order valence-corrected chi connectivity index (χ2v) is 4.67. The lowest BCUT2D eigenvalue weighted by atomic mass is 10.0. The van der Waals surface area contributed by atoms with Gasteiger partial charge in [0.15, 0.2) is 0 Å². The molecule has 4 heteroatoms. The third kappa shape index (κ3) is 1.78. The molecule has 0 aliphatic carbocycles. The SMILES string of the molecule is c1cnc(N2CCCC2C2CCCN2)cn1. The van der Waals surface area contributed by atoms with E-state index in [9.17, 15) is 0 Å². The molecule has 0 bridgehead atoms. The maximum absolute atomic E-state index is 4.42. The van der Waals surface area contributed by atoms with Crippen molar-refractivity contribution in [1.82, 2.24) is 15.3 Å². The van der Waals surface area contributed by atoms with Crippen molar-refractivity contribution < 1.29 is 0 Å². The smallest absolute Gasteiger partial charge is 0.147 e. The maximum Gasteiger partial charge on any atom is 0.147 e. The Labute approximate surface area is 96.1 Å². The molecule has 16 heavy (non-hydrogen) atoms. The third-order valence-corrected chi connectivity index (χ3v) is 3.71. The van der Waals surface area contributed by atoms with E-state index in [4.69, 9.17) is 0 Å². The molecule has 0 saturated carbocycles. The summed E-state index contributed by atoms with van der Waals surface area (Å²) >= 11 is 0. The first-order valence-electron chi connectivity index (χ1n) is 6.21. The molecule has 2 aliphatic rings. The number of anilines is 1. The zero-order chi connectivity index (χ0) is 10.8. The van der Waals surface area contributed by atoms with Crippen LogP contribution in [0.25, 0.3) is 0 Å². The number of rotatable bonds is 2. The topological polar surface area (TPSA) is 41.1 Å². The first-order chi connectivity index (χ1) is 7.95. The van der Waals surface area contributed by atoms with E-state index < -0.39 is 0 Å². The Balaban J connectivity index is 1.78. The van der Waals surface area contributed by atoms with Gasteiger partial charge in [-0.15, -0.1) is 0 Å². The summed E-state index contributed by atoms with van der Waals surface area (Å²) in [6, 6.07) is 1.28. The van der Waals surface area contributed by atoms with E-state index in [1.807, 2.05) is 6.20 Å². The maximum atomic E-state index is 4.42. The molecule has 2 fully saturated rings. The molecule has 0 amide bonds. The van der Waals surface area contributed by atoms with E-state index in [2.05, 4.69) is 20.2 Å². The van der Waals surface area contributed by atoms with E-state index in [1.54, 1.807) is 12.4 Å². The Bertz CT molecular complexity index is 334. The van der Waals surface area contributed by atoms with Gasteiger partial charge in [0.05, 0.1) is 6.20 Å². The summed E-state index contributed by atoms with van der Waals surface area (Å²) < 4.78 is 0. The van der Waals surface area contributed by atoms with E-state index >= 15 is 0 Å². The Hall–Kier alpha value is -1.16. The van der Waals surface area contributed by atoms with Crippen molar-refractivity contribution in [2.75, 3.05) is 18.0 Å². The van der Waals surface area contributed by atoms with Crippen LogP contribution in [0.15, 0.2) is 18.6 Å². The normalized spacial score (nSPS) is 29.9. The van der Waals surface area contributed by atoms with Crippen LogP contribution in [0.4, 0.5) is 5.82 Å². The zero-order valence-corrected chi connectivity index (χ0v) is 9.47. The Morgan fingerprint density at radius 1 is 1.25 bits per heavy atom. The largest absolute Gasteiger partial charge is 0.351 e. The molecule has 86 valence electrons. The molecule has 1 aromatic rings. The lowest BCUT2D eigenvalue weighted by Crippen LogP contribution is -2.44. The molecule has 3 rings (SSSR count). The van der Waals surface area contributed by atoms with Gasteiger partial charge in [-0.25, -0.2) is 4.98 Å². The fraction of sp³-hybridized carbons (Fsp3) is 0.667. The minimum Gasteiger partial charge on any atom is -0.351 e. The Morgan fingerprint density at radius 3 is 3.00 bits per heavy atom. The highest BCUT2D eigenvalue weighted by Crippen LogP contribution is 2.28. The average Bonchev–Trinajstić information content (AvgIpc) is 3.01. The molecule has 1 N–H and O–H groups in total. The van der Waals surface area contributed by atoms with Crippen LogP contribution in [-0.2, 0) is 0 Å². The predicted octanol–water partition coefficient (Wildman–Crippen LogP) is 1.20. The van der Waals surface area contributed by atoms with Crippen molar-refractivity contribution >= 4 is 5.82 Å². The van der Waals surface area contributed by atoms with Gasteiger partial charge < -0.3 is 10.2 Å². The van der Waals surface area contributed by atoms with Gasteiger partial charge in [0.2, 0.25) is 0 Å². The van der Waals surface area contributed by atoms with Gasteiger partial charge in [-0.3, -0.25) is 4.98 Å². The standard InChI is InChI=1S/C12H18N4/c1-3-10(14-5-1)11-4-2-8-16(11)12-9-13-6-7-15-12/h6-7,9-11,14H,1-5,8H2. The second-order valence-electron chi connectivity index (χ2n) is 4.67. The lowest BCUT2D eigenvalue weighted by molar-refractivity contribution is 0.480. The van der Waals surface area contributed by atoms with Crippen LogP contribution < -0.4 is 10.2 Å². The summed E-state index contributed by atoms with van der Waals surface area (Å²) in [5, 5.41) is 3.61. The molecule has 4 nitrogen and oxygen atoms in total. The molecule has 0 aromatic carbocycles. The van der Waals surface area contributed by atoms with Crippen molar-refractivity contribution in [3.8, 4) is 0 Å².